The number of benzene rings is 2. The van der Waals surface area contributed by atoms with E-state index in [-0.39, 0.29) is 24.1 Å². The first kappa shape index (κ1) is 21.2. The Hall–Kier alpha value is -3.09. The van der Waals surface area contributed by atoms with Gasteiger partial charge in [-0.1, -0.05) is 38.1 Å². The maximum atomic E-state index is 12.4. The van der Waals surface area contributed by atoms with Crippen LogP contribution in [0.15, 0.2) is 42.5 Å². The lowest BCUT2D eigenvalue weighted by molar-refractivity contribution is -0.385. The maximum Gasteiger partial charge on any atom is 0.273 e. The Morgan fingerprint density at radius 1 is 1.14 bits per heavy atom. The summed E-state index contributed by atoms with van der Waals surface area (Å²) in [6.07, 6.45) is -0.0613. The Kier molecular flexibility index (Phi) is 7.37. The van der Waals surface area contributed by atoms with Crippen LogP contribution in [0.4, 0.5) is 5.69 Å². The number of nitrogens with zero attached hydrogens (tertiary/aromatic N) is 1. The molecule has 1 N–H and O–H groups in total. The van der Waals surface area contributed by atoms with Gasteiger partial charge in [-0.05, 0) is 30.5 Å². The van der Waals surface area contributed by atoms with Crippen LogP contribution in [0.5, 0.6) is 11.5 Å². The Balaban J connectivity index is 2.07. The van der Waals surface area contributed by atoms with Crippen LogP contribution in [0.2, 0.25) is 0 Å². The molecule has 0 saturated carbocycles. The van der Waals surface area contributed by atoms with Crippen molar-refractivity contribution in [3.05, 3.63) is 63.7 Å². The molecule has 0 aliphatic heterocycles. The second kappa shape index (κ2) is 9.73. The van der Waals surface area contributed by atoms with Crippen LogP contribution in [0.1, 0.15) is 37.9 Å². The molecule has 0 aliphatic carbocycles. The normalized spacial score (nSPS) is 11.8. The van der Waals surface area contributed by atoms with Gasteiger partial charge in [0.25, 0.3) is 5.69 Å². The summed E-state index contributed by atoms with van der Waals surface area (Å²) in [5.74, 6) is 1.35. The van der Waals surface area contributed by atoms with E-state index in [4.69, 9.17) is 9.47 Å². The van der Waals surface area contributed by atoms with Crippen molar-refractivity contribution < 1.29 is 19.2 Å². The number of amides is 1. The first-order valence-corrected chi connectivity index (χ1v) is 9.14. The summed E-state index contributed by atoms with van der Waals surface area (Å²) in [5, 5.41) is 14.0. The zero-order valence-electron chi connectivity index (χ0n) is 16.6. The van der Waals surface area contributed by atoms with E-state index in [1.165, 1.54) is 6.07 Å². The third-order valence-corrected chi connectivity index (χ3v) is 4.18. The quantitative estimate of drug-likeness (QED) is 0.518. The average molecular weight is 386 g/mol. The van der Waals surface area contributed by atoms with E-state index < -0.39 is 4.92 Å². The Labute approximate surface area is 164 Å². The highest BCUT2D eigenvalue weighted by molar-refractivity contribution is 5.80. The van der Waals surface area contributed by atoms with Crippen molar-refractivity contribution in [3.8, 4) is 11.5 Å². The maximum absolute atomic E-state index is 12.4. The van der Waals surface area contributed by atoms with Crippen LogP contribution >= 0.6 is 0 Å². The first-order valence-electron chi connectivity index (χ1n) is 9.14. The minimum Gasteiger partial charge on any atom is -0.493 e. The van der Waals surface area contributed by atoms with Crippen LogP contribution < -0.4 is 14.8 Å². The van der Waals surface area contributed by atoms with E-state index in [0.717, 1.165) is 5.56 Å². The minimum absolute atomic E-state index is 0.0568. The summed E-state index contributed by atoms with van der Waals surface area (Å²) in [7, 11) is 1.57. The van der Waals surface area contributed by atoms with Crippen molar-refractivity contribution in [2.75, 3.05) is 13.7 Å². The molecule has 150 valence electrons. The Bertz CT molecular complexity index is 835. The topological polar surface area (TPSA) is 90.7 Å². The summed E-state index contributed by atoms with van der Waals surface area (Å²) in [5.41, 5.74) is 1.18. The molecule has 2 aromatic rings. The molecule has 0 saturated heterocycles. The molecule has 1 atom stereocenters. The zero-order chi connectivity index (χ0) is 20.7. The number of nitro benzene ring substituents is 1. The number of carbonyl (C=O) groups is 1. The second-order valence-corrected chi connectivity index (χ2v) is 6.97. The summed E-state index contributed by atoms with van der Waals surface area (Å²) in [4.78, 5) is 23.0. The number of rotatable bonds is 9. The van der Waals surface area contributed by atoms with Gasteiger partial charge in [0.2, 0.25) is 5.91 Å². The molecule has 0 spiro atoms. The van der Waals surface area contributed by atoms with E-state index >= 15 is 0 Å². The van der Waals surface area contributed by atoms with Crippen LogP contribution in [0, 0.1) is 16.0 Å². The molecule has 1 unspecified atom stereocenters. The van der Waals surface area contributed by atoms with E-state index in [1.54, 1.807) is 25.3 Å². The fourth-order valence-corrected chi connectivity index (χ4v) is 2.72. The lowest BCUT2D eigenvalue weighted by atomic mass is 10.1. The predicted molar refractivity (Wildman–Crippen MR) is 107 cm³/mol. The molecule has 28 heavy (non-hydrogen) atoms. The summed E-state index contributed by atoms with van der Waals surface area (Å²) in [6, 6.07) is 11.5. The highest BCUT2D eigenvalue weighted by Gasteiger charge is 2.18. The number of hydrogen-bond donors (Lipinski definition) is 1. The Morgan fingerprint density at radius 2 is 1.86 bits per heavy atom. The van der Waals surface area contributed by atoms with E-state index in [1.807, 2.05) is 25.1 Å². The highest BCUT2D eigenvalue weighted by Crippen LogP contribution is 2.30. The molecule has 7 heteroatoms. The van der Waals surface area contributed by atoms with Gasteiger partial charge in [-0.15, -0.1) is 0 Å². The van der Waals surface area contributed by atoms with E-state index in [2.05, 4.69) is 19.2 Å². The second-order valence-electron chi connectivity index (χ2n) is 6.97. The molecule has 7 nitrogen and oxygen atoms in total. The molecular formula is C21H26N2O5. The van der Waals surface area contributed by atoms with Gasteiger partial charge >= 0.3 is 0 Å². The number of nitro groups is 1. The number of hydrogen-bond acceptors (Lipinski definition) is 5. The van der Waals surface area contributed by atoms with Gasteiger partial charge in [0.15, 0.2) is 11.5 Å². The van der Waals surface area contributed by atoms with Crippen molar-refractivity contribution in [1.29, 1.82) is 0 Å². The third-order valence-electron chi connectivity index (χ3n) is 4.18. The number of carbonyl (C=O) groups excluding carboxylic acids is 1. The predicted octanol–water partition coefficient (Wildman–Crippen LogP) is 4.06. The SMILES string of the molecule is COc1cc(C(C)NC(=O)Cc2ccccc2[N+](=O)[O-])ccc1OCC(C)C. The fourth-order valence-electron chi connectivity index (χ4n) is 2.72. The minimum atomic E-state index is -0.479. The van der Waals surface area contributed by atoms with Crippen molar-refractivity contribution in [2.45, 2.75) is 33.2 Å². The first-order chi connectivity index (χ1) is 13.3. The molecule has 0 aromatic heterocycles. The standard InChI is InChI=1S/C21H26N2O5/c1-14(2)13-28-19-10-9-16(11-20(19)27-4)15(3)22-21(24)12-17-7-5-6-8-18(17)23(25)26/h5-11,14-15H,12-13H2,1-4H3,(H,22,24). The van der Waals surface area contributed by atoms with Gasteiger partial charge in [0, 0.05) is 11.6 Å². The van der Waals surface area contributed by atoms with Gasteiger partial charge in [0.1, 0.15) is 0 Å². The van der Waals surface area contributed by atoms with Crippen molar-refractivity contribution in [3.63, 3.8) is 0 Å². The van der Waals surface area contributed by atoms with Gasteiger partial charge in [-0.25, -0.2) is 0 Å². The smallest absolute Gasteiger partial charge is 0.273 e. The van der Waals surface area contributed by atoms with Crippen LogP contribution in [0.3, 0.4) is 0 Å². The zero-order valence-corrected chi connectivity index (χ0v) is 16.6. The summed E-state index contributed by atoms with van der Waals surface area (Å²) in [6.45, 7) is 6.56. The molecule has 0 bridgehead atoms. The van der Waals surface area contributed by atoms with Gasteiger partial charge in [0.05, 0.1) is 31.1 Å². The average Bonchev–Trinajstić information content (AvgIpc) is 2.66. The highest BCUT2D eigenvalue weighted by atomic mass is 16.6. The molecule has 0 heterocycles. The van der Waals surface area contributed by atoms with E-state index in [0.29, 0.717) is 29.6 Å². The van der Waals surface area contributed by atoms with E-state index in [9.17, 15) is 14.9 Å². The number of nitrogens with one attached hydrogen (secondary N) is 1. The number of methoxy groups -OCH3 is 1. The lowest BCUT2D eigenvalue weighted by Gasteiger charge is -2.18. The van der Waals surface area contributed by atoms with Crippen LogP contribution in [0.25, 0.3) is 0 Å². The van der Waals surface area contributed by atoms with Gasteiger partial charge in [-0.2, -0.15) is 0 Å². The number of para-hydroxylation sites is 1. The monoisotopic (exact) mass is 386 g/mol. The molecule has 0 radical (unpaired) electrons. The van der Waals surface area contributed by atoms with Crippen molar-refractivity contribution in [1.82, 2.24) is 5.32 Å². The van der Waals surface area contributed by atoms with Crippen LogP contribution in [-0.4, -0.2) is 24.5 Å². The molecule has 0 aliphatic rings. The van der Waals surface area contributed by atoms with Crippen molar-refractivity contribution in [2.24, 2.45) is 5.92 Å². The molecular weight excluding hydrogens is 360 g/mol. The van der Waals surface area contributed by atoms with Gasteiger partial charge in [-0.3, -0.25) is 14.9 Å². The molecule has 2 rings (SSSR count). The molecule has 0 fully saturated rings. The third kappa shape index (κ3) is 5.70. The molecule has 2 aromatic carbocycles. The lowest BCUT2D eigenvalue weighted by Crippen LogP contribution is -2.28. The Morgan fingerprint density at radius 3 is 2.50 bits per heavy atom. The number of ether oxygens (including phenoxy) is 2. The van der Waals surface area contributed by atoms with Crippen LogP contribution in [-0.2, 0) is 11.2 Å². The largest absolute Gasteiger partial charge is 0.493 e. The summed E-state index contributed by atoms with van der Waals surface area (Å²) < 4.78 is 11.1. The fraction of sp³-hybridized carbons (Fsp3) is 0.381. The van der Waals surface area contributed by atoms with Gasteiger partial charge < -0.3 is 14.8 Å². The summed E-state index contributed by atoms with van der Waals surface area (Å²) >= 11 is 0. The molecule has 1 amide bonds. The van der Waals surface area contributed by atoms with Crippen molar-refractivity contribution >= 4 is 11.6 Å².